The Morgan fingerprint density at radius 3 is 2.26 bits per heavy atom. The predicted octanol–water partition coefficient (Wildman–Crippen LogP) is 4.81. The third-order valence-electron chi connectivity index (χ3n) is 2.39. The van der Waals surface area contributed by atoms with Crippen LogP contribution < -0.4 is 11.1 Å². The minimum Gasteiger partial charge on any atom is -0.399 e. The van der Waals surface area contributed by atoms with E-state index in [9.17, 15) is 4.79 Å². The number of amides is 1. The van der Waals surface area contributed by atoms with Crippen molar-refractivity contribution in [3.8, 4) is 0 Å². The molecule has 0 atom stereocenters. The second-order valence-electron chi connectivity index (χ2n) is 3.82. The van der Waals surface area contributed by atoms with E-state index in [0.717, 1.165) is 13.4 Å². The van der Waals surface area contributed by atoms with E-state index in [1.54, 1.807) is 24.3 Å². The van der Waals surface area contributed by atoms with Gasteiger partial charge in [-0.25, -0.2) is 0 Å². The zero-order chi connectivity index (χ0) is 14.0. The van der Waals surface area contributed by atoms with Gasteiger partial charge in [-0.1, -0.05) is 22.0 Å². The fourth-order valence-corrected chi connectivity index (χ4v) is 3.35. The molecule has 6 heteroatoms. The van der Waals surface area contributed by atoms with E-state index in [4.69, 9.17) is 5.73 Å². The molecule has 0 aliphatic rings. The Morgan fingerprint density at radius 2 is 1.68 bits per heavy atom. The first-order chi connectivity index (χ1) is 8.97. The maximum Gasteiger partial charge on any atom is 0.255 e. The molecule has 3 N–H and O–H groups in total. The van der Waals surface area contributed by atoms with Crippen LogP contribution in [0.3, 0.4) is 0 Å². The Morgan fingerprint density at radius 1 is 1.05 bits per heavy atom. The molecule has 0 saturated carbocycles. The van der Waals surface area contributed by atoms with Crippen molar-refractivity contribution >= 4 is 65.1 Å². The number of nitrogens with two attached hydrogens (primary N) is 1. The topological polar surface area (TPSA) is 55.1 Å². The third-order valence-corrected chi connectivity index (χ3v) is 4.13. The Bertz CT molecular complexity index is 621. The highest BCUT2D eigenvalue weighted by Gasteiger charge is 2.12. The molecule has 0 saturated heterocycles. The molecule has 0 bridgehead atoms. The van der Waals surface area contributed by atoms with Crippen LogP contribution in [0, 0.1) is 0 Å². The molecule has 98 valence electrons. The van der Waals surface area contributed by atoms with Gasteiger partial charge in [-0.15, -0.1) is 0 Å². The van der Waals surface area contributed by atoms with Crippen molar-refractivity contribution < 1.29 is 4.79 Å². The van der Waals surface area contributed by atoms with Gasteiger partial charge in [0.15, 0.2) is 0 Å². The molecule has 3 nitrogen and oxygen atoms in total. The van der Waals surface area contributed by atoms with Gasteiger partial charge >= 0.3 is 0 Å². The fraction of sp³-hybridized carbons (Fsp3) is 0. The van der Waals surface area contributed by atoms with Gasteiger partial charge in [0.1, 0.15) is 0 Å². The highest BCUT2D eigenvalue weighted by molar-refractivity contribution is 9.11. The molecule has 1 amide bonds. The number of nitrogen functional groups attached to an aromatic ring is 1. The molecule has 0 aromatic heterocycles. The van der Waals surface area contributed by atoms with Gasteiger partial charge in [0.05, 0.1) is 5.69 Å². The highest BCUT2D eigenvalue weighted by Crippen LogP contribution is 2.33. The average Bonchev–Trinajstić information content (AvgIpc) is 2.33. The minimum absolute atomic E-state index is 0.188. The van der Waals surface area contributed by atoms with E-state index in [-0.39, 0.29) is 5.91 Å². The van der Waals surface area contributed by atoms with E-state index in [2.05, 4.69) is 53.1 Å². The average molecular weight is 449 g/mol. The second-order valence-corrected chi connectivity index (χ2v) is 6.45. The van der Waals surface area contributed by atoms with Crippen LogP contribution in [0.15, 0.2) is 49.8 Å². The van der Waals surface area contributed by atoms with Gasteiger partial charge in [-0.2, -0.15) is 0 Å². The molecule has 0 heterocycles. The molecule has 2 aromatic carbocycles. The number of carbonyl (C=O) groups is 1. The Balaban J connectivity index is 2.29. The minimum atomic E-state index is -0.188. The Hall–Kier alpha value is -0.850. The molecule has 0 aliphatic heterocycles. The quantitative estimate of drug-likeness (QED) is 0.648. The number of hydrogen-bond acceptors (Lipinski definition) is 2. The summed E-state index contributed by atoms with van der Waals surface area (Å²) in [6.45, 7) is 0. The van der Waals surface area contributed by atoms with Crippen LogP contribution in [0.5, 0.6) is 0 Å². The van der Waals surface area contributed by atoms with Crippen LogP contribution in [0.1, 0.15) is 10.4 Å². The van der Waals surface area contributed by atoms with E-state index in [1.807, 2.05) is 12.1 Å². The summed E-state index contributed by atoms with van der Waals surface area (Å²) in [5, 5.41) is 2.84. The van der Waals surface area contributed by atoms with Crippen molar-refractivity contribution in [1.82, 2.24) is 0 Å². The molecule has 0 radical (unpaired) electrons. The first-order valence-corrected chi connectivity index (χ1v) is 7.66. The Labute approximate surface area is 136 Å². The van der Waals surface area contributed by atoms with Crippen LogP contribution in [0.25, 0.3) is 0 Å². The van der Waals surface area contributed by atoms with E-state index < -0.39 is 0 Å². The van der Waals surface area contributed by atoms with Crippen molar-refractivity contribution in [3.05, 3.63) is 55.4 Å². The largest absolute Gasteiger partial charge is 0.399 e. The van der Waals surface area contributed by atoms with Crippen LogP contribution >= 0.6 is 47.8 Å². The standard InChI is InChI=1S/C13H9Br3N2O/c14-8-3-1-2-7(4-8)13(19)18-12-10(15)5-9(17)6-11(12)16/h1-6H,17H2,(H,18,19). The molecule has 0 spiro atoms. The van der Waals surface area contributed by atoms with E-state index >= 15 is 0 Å². The van der Waals surface area contributed by atoms with Crippen LogP contribution in [-0.4, -0.2) is 5.91 Å². The molecule has 0 unspecified atom stereocenters. The lowest BCUT2D eigenvalue weighted by Gasteiger charge is -2.11. The number of rotatable bonds is 2. The summed E-state index contributed by atoms with van der Waals surface area (Å²) in [6, 6.07) is 10.7. The normalized spacial score (nSPS) is 10.3. The van der Waals surface area contributed by atoms with Crippen molar-refractivity contribution in [3.63, 3.8) is 0 Å². The maximum absolute atomic E-state index is 12.2. The monoisotopic (exact) mass is 446 g/mol. The van der Waals surface area contributed by atoms with Gasteiger partial charge in [-0.05, 0) is 62.2 Å². The number of benzene rings is 2. The van der Waals surface area contributed by atoms with Crippen LogP contribution in [-0.2, 0) is 0 Å². The number of hydrogen-bond donors (Lipinski definition) is 2. The van der Waals surface area contributed by atoms with Crippen molar-refractivity contribution in [1.29, 1.82) is 0 Å². The summed E-state index contributed by atoms with van der Waals surface area (Å²) >= 11 is 10.1. The summed E-state index contributed by atoms with van der Waals surface area (Å²) in [5.41, 5.74) is 7.55. The first kappa shape index (κ1) is 14.6. The number of anilines is 2. The zero-order valence-corrected chi connectivity index (χ0v) is 14.3. The lowest BCUT2D eigenvalue weighted by Crippen LogP contribution is -2.12. The number of nitrogens with one attached hydrogen (secondary N) is 1. The van der Waals surface area contributed by atoms with E-state index in [0.29, 0.717) is 16.9 Å². The summed E-state index contributed by atoms with van der Waals surface area (Å²) in [6.07, 6.45) is 0. The smallest absolute Gasteiger partial charge is 0.255 e. The summed E-state index contributed by atoms with van der Waals surface area (Å²) in [5.74, 6) is -0.188. The predicted molar refractivity (Wildman–Crippen MR) is 88.3 cm³/mol. The lowest BCUT2D eigenvalue weighted by atomic mass is 10.2. The van der Waals surface area contributed by atoms with Crippen LogP contribution in [0.2, 0.25) is 0 Å². The highest BCUT2D eigenvalue weighted by atomic mass is 79.9. The van der Waals surface area contributed by atoms with Crippen LogP contribution in [0.4, 0.5) is 11.4 Å². The summed E-state index contributed by atoms with van der Waals surface area (Å²) in [7, 11) is 0. The second kappa shape index (κ2) is 6.07. The lowest BCUT2D eigenvalue weighted by molar-refractivity contribution is 0.102. The molecule has 2 aromatic rings. The summed E-state index contributed by atoms with van der Waals surface area (Å²) in [4.78, 5) is 12.2. The van der Waals surface area contributed by atoms with Crippen molar-refractivity contribution in [2.24, 2.45) is 0 Å². The Kier molecular flexibility index (Phi) is 4.65. The molecule has 0 aliphatic carbocycles. The van der Waals surface area contributed by atoms with Gasteiger partial charge in [0.25, 0.3) is 5.91 Å². The molecular weight excluding hydrogens is 440 g/mol. The third kappa shape index (κ3) is 3.58. The van der Waals surface area contributed by atoms with Gasteiger partial charge in [0.2, 0.25) is 0 Å². The van der Waals surface area contributed by atoms with Gasteiger partial charge in [0, 0.05) is 24.7 Å². The van der Waals surface area contributed by atoms with Crippen molar-refractivity contribution in [2.45, 2.75) is 0 Å². The number of halogens is 3. The SMILES string of the molecule is Nc1cc(Br)c(NC(=O)c2cccc(Br)c2)c(Br)c1. The molecule has 19 heavy (non-hydrogen) atoms. The van der Waals surface area contributed by atoms with Gasteiger partial charge < -0.3 is 11.1 Å². The first-order valence-electron chi connectivity index (χ1n) is 5.29. The maximum atomic E-state index is 12.2. The molecule has 2 rings (SSSR count). The van der Waals surface area contributed by atoms with Gasteiger partial charge in [-0.3, -0.25) is 4.79 Å². The number of carbonyl (C=O) groups excluding carboxylic acids is 1. The van der Waals surface area contributed by atoms with E-state index in [1.165, 1.54) is 0 Å². The fourth-order valence-electron chi connectivity index (χ4n) is 1.53. The molecule has 0 fully saturated rings. The summed E-state index contributed by atoms with van der Waals surface area (Å²) < 4.78 is 2.31. The van der Waals surface area contributed by atoms with Crippen molar-refractivity contribution in [2.75, 3.05) is 11.1 Å². The molecular formula is C13H9Br3N2O. The zero-order valence-electron chi connectivity index (χ0n) is 9.58.